The first-order chi connectivity index (χ1) is 15.9. The van der Waals surface area contributed by atoms with E-state index in [1.165, 1.54) is 11.3 Å². The van der Waals surface area contributed by atoms with Crippen molar-refractivity contribution in [1.29, 1.82) is 0 Å². The van der Waals surface area contributed by atoms with Gasteiger partial charge >= 0.3 is 0 Å². The number of aromatic nitrogens is 2. The SMILES string of the molecule is Cc1c(C(=O)Nc2ccc(S(=O)(=O)N3CCCCC3)cc2)sc2nc(-c3ccccc3)cn12. The molecule has 7 nitrogen and oxygen atoms in total. The minimum absolute atomic E-state index is 0.240. The van der Waals surface area contributed by atoms with Crippen molar-refractivity contribution < 1.29 is 13.2 Å². The molecule has 2 aromatic carbocycles. The predicted molar refractivity (Wildman–Crippen MR) is 130 cm³/mol. The van der Waals surface area contributed by atoms with Gasteiger partial charge in [-0.2, -0.15) is 4.31 Å². The van der Waals surface area contributed by atoms with Crippen LogP contribution in [0.2, 0.25) is 0 Å². The number of hydrogen-bond donors (Lipinski definition) is 1. The van der Waals surface area contributed by atoms with Crippen molar-refractivity contribution in [3.8, 4) is 11.3 Å². The third-order valence-electron chi connectivity index (χ3n) is 5.90. The number of piperidine rings is 1. The van der Waals surface area contributed by atoms with E-state index in [0.717, 1.165) is 41.2 Å². The molecule has 0 spiro atoms. The van der Waals surface area contributed by atoms with Crippen molar-refractivity contribution in [2.75, 3.05) is 18.4 Å². The summed E-state index contributed by atoms with van der Waals surface area (Å²) in [5, 5.41) is 2.88. The van der Waals surface area contributed by atoms with Gasteiger partial charge in [-0.05, 0) is 44.0 Å². The summed E-state index contributed by atoms with van der Waals surface area (Å²) in [6, 6.07) is 16.3. The van der Waals surface area contributed by atoms with E-state index in [1.807, 2.05) is 47.9 Å². The number of carbonyl (C=O) groups is 1. The number of rotatable bonds is 5. The normalized spacial score (nSPS) is 15.1. The third-order valence-corrected chi connectivity index (χ3v) is 8.97. The van der Waals surface area contributed by atoms with Gasteiger partial charge in [0.2, 0.25) is 10.0 Å². The highest BCUT2D eigenvalue weighted by molar-refractivity contribution is 7.89. The van der Waals surface area contributed by atoms with Gasteiger partial charge in [-0.3, -0.25) is 9.20 Å². The lowest BCUT2D eigenvalue weighted by Gasteiger charge is -2.25. The molecule has 0 saturated carbocycles. The van der Waals surface area contributed by atoms with Crippen molar-refractivity contribution in [2.45, 2.75) is 31.1 Å². The lowest BCUT2D eigenvalue weighted by molar-refractivity contribution is 0.102. The van der Waals surface area contributed by atoms with E-state index < -0.39 is 10.0 Å². The van der Waals surface area contributed by atoms with Crippen molar-refractivity contribution in [3.63, 3.8) is 0 Å². The number of sulfonamides is 1. The number of nitrogens with zero attached hydrogens (tertiary/aromatic N) is 3. The highest BCUT2D eigenvalue weighted by Gasteiger charge is 2.26. The Morgan fingerprint density at radius 1 is 1.00 bits per heavy atom. The number of carbonyl (C=O) groups excluding carboxylic acids is 1. The second-order valence-corrected chi connectivity index (χ2v) is 11.0. The van der Waals surface area contributed by atoms with E-state index in [1.54, 1.807) is 28.6 Å². The van der Waals surface area contributed by atoms with Crippen LogP contribution in [0, 0.1) is 6.92 Å². The number of anilines is 1. The molecule has 0 radical (unpaired) electrons. The number of fused-ring (bicyclic) bond motifs is 1. The van der Waals surface area contributed by atoms with Gasteiger partial charge in [0.05, 0.1) is 10.6 Å². The Labute approximate surface area is 196 Å². The Morgan fingerprint density at radius 2 is 1.70 bits per heavy atom. The first kappa shape index (κ1) is 21.8. The van der Waals surface area contributed by atoms with Crippen LogP contribution < -0.4 is 5.32 Å². The predicted octanol–water partition coefficient (Wildman–Crippen LogP) is 4.80. The van der Waals surface area contributed by atoms with Gasteiger partial charge in [-0.1, -0.05) is 48.1 Å². The molecule has 33 heavy (non-hydrogen) atoms. The Morgan fingerprint density at radius 3 is 2.36 bits per heavy atom. The zero-order valence-electron chi connectivity index (χ0n) is 18.2. The maximum atomic E-state index is 12.9. The van der Waals surface area contributed by atoms with Gasteiger partial charge in [0.25, 0.3) is 5.91 Å². The molecule has 1 fully saturated rings. The number of hydrogen-bond acceptors (Lipinski definition) is 5. The quantitative estimate of drug-likeness (QED) is 0.445. The Bertz CT molecular complexity index is 1400. The summed E-state index contributed by atoms with van der Waals surface area (Å²) < 4.78 is 29.1. The van der Waals surface area contributed by atoms with E-state index in [2.05, 4.69) is 10.3 Å². The lowest BCUT2D eigenvalue weighted by atomic mass is 10.2. The first-order valence-corrected chi connectivity index (χ1v) is 13.1. The third kappa shape index (κ3) is 4.19. The average Bonchev–Trinajstić information content (AvgIpc) is 3.40. The van der Waals surface area contributed by atoms with Gasteiger partial charge in [-0.15, -0.1) is 0 Å². The molecule has 9 heteroatoms. The summed E-state index contributed by atoms with van der Waals surface area (Å²) in [6.45, 7) is 3.02. The Kier molecular flexibility index (Phi) is 5.77. The van der Waals surface area contributed by atoms with Crippen LogP contribution in [0.5, 0.6) is 0 Å². The molecule has 1 aliphatic rings. The number of aryl methyl sites for hydroxylation is 1. The molecule has 1 aliphatic heterocycles. The summed E-state index contributed by atoms with van der Waals surface area (Å²) in [5.41, 5.74) is 3.25. The number of benzene rings is 2. The molecular weight excluding hydrogens is 456 g/mol. The number of thiazole rings is 1. The average molecular weight is 481 g/mol. The van der Waals surface area contributed by atoms with Crippen LogP contribution >= 0.6 is 11.3 Å². The maximum absolute atomic E-state index is 12.9. The van der Waals surface area contributed by atoms with E-state index >= 15 is 0 Å². The number of nitrogens with one attached hydrogen (secondary N) is 1. The highest BCUT2D eigenvalue weighted by atomic mass is 32.2. The zero-order chi connectivity index (χ0) is 23.0. The minimum atomic E-state index is -3.49. The molecule has 0 atom stereocenters. The van der Waals surface area contributed by atoms with Gasteiger partial charge in [-0.25, -0.2) is 13.4 Å². The number of amides is 1. The maximum Gasteiger partial charge on any atom is 0.267 e. The Hall–Kier alpha value is -3.01. The standard InChI is InChI=1S/C24H24N4O3S2/c1-17-22(32-24-26-21(16-28(17)24)18-8-4-2-5-9-18)23(29)25-19-10-12-20(13-11-19)33(30,31)27-14-6-3-7-15-27/h2,4-5,8-13,16H,3,6-7,14-15H2,1H3,(H,25,29). The summed E-state index contributed by atoms with van der Waals surface area (Å²) in [7, 11) is -3.49. The van der Waals surface area contributed by atoms with Crippen LogP contribution in [0.3, 0.4) is 0 Å². The molecule has 5 rings (SSSR count). The summed E-state index contributed by atoms with van der Waals surface area (Å²) in [6.07, 6.45) is 4.79. The molecule has 170 valence electrons. The van der Waals surface area contributed by atoms with E-state index in [9.17, 15) is 13.2 Å². The molecule has 3 heterocycles. The molecule has 1 N–H and O–H groups in total. The summed E-state index contributed by atoms with van der Waals surface area (Å²) >= 11 is 1.33. The van der Waals surface area contributed by atoms with Gasteiger partial charge in [0.1, 0.15) is 4.88 Å². The Balaban J connectivity index is 1.33. The van der Waals surface area contributed by atoms with Crippen LogP contribution in [0.25, 0.3) is 16.2 Å². The molecule has 0 bridgehead atoms. The van der Waals surface area contributed by atoms with E-state index in [-0.39, 0.29) is 10.8 Å². The molecule has 1 saturated heterocycles. The molecule has 4 aromatic rings. The van der Waals surface area contributed by atoms with E-state index in [4.69, 9.17) is 0 Å². The van der Waals surface area contributed by atoms with Crippen molar-refractivity contribution >= 4 is 37.9 Å². The first-order valence-electron chi connectivity index (χ1n) is 10.9. The number of imidazole rings is 1. The second-order valence-electron chi connectivity index (χ2n) is 8.10. The fourth-order valence-electron chi connectivity index (χ4n) is 4.06. The van der Waals surface area contributed by atoms with Crippen molar-refractivity contribution in [1.82, 2.24) is 13.7 Å². The molecule has 1 amide bonds. The molecule has 0 aliphatic carbocycles. The zero-order valence-corrected chi connectivity index (χ0v) is 19.8. The molecule has 2 aromatic heterocycles. The lowest BCUT2D eigenvalue weighted by Crippen LogP contribution is -2.35. The molecule has 0 unspecified atom stereocenters. The fourth-order valence-corrected chi connectivity index (χ4v) is 6.58. The van der Waals surface area contributed by atoms with Gasteiger partial charge in [0.15, 0.2) is 4.96 Å². The van der Waals surface area contributed by atoms with Crippen LogP contribution in [0.15, 0.2) is 65.7 Å². The van der Waals surface area contributed by atoms with Crippen LogP contribution in [-0.2, 0) is 10.0 Å². The second kappa shape index (κ2) is 8.74. The van der Waals surface area contributed by atoms with Gasteiger partial charge < -0.3 is 5.32 Å². The fraction of sp³-hybridized carbons (Fsp3) is 0.250. The van der Waals surface area contributed by atoms with Gasteiger partial charge in [0, 0.05) is 36.2 Å². The van der Waals surface area contributed by atoms with Crippen molar-refractivity contribution in [2.24, 2.45) is 0 Å². The van der Waals surface area contributed by atoms with Crippen LogP contribution in [0.1, 0.15) is 34.6 Å². The van der Waals surface area contributed by atoms with Crippen LogP contribution in [0.4, 0.5) is 5.69 Å². The largest absolute Gasteiger partial charge is 0.321 e. The minimum Gasteiger partial charge on any atom is -0.321 e. The van der Waals surface area contributed by atoms with Crippen molar-refractivity contribution in [3.05, 3.63) is 71.4 Å². The molecular formula is C24H24N4O3S2. The summed E-state index contributed by atoms with van der Waals surface area (Å²) in [4.78, 5) is 19.2. The van der Waals surface area contributed by atoms with Crippen LogP contribution in [-0.4, -0.2) is 41.1 Å². The summed E-state index contributed by atoms with van der Waals surface area (Å²) in [5.74, 6) is -0.240. The highest BCUT2D eigenvalue weighted by Crippen LogP contribution is 2.28. The topological polar surface area (TPSA) is 83.8 Å². The monoisotopic (exact) mass is 480 g/mol. The smallest absolute Gasteiger partial charge is 0.267 e. The van der Waals surface area contributed by atoms with E-state index in [0.29, 0.717) is 23.7 Å².